The predicted octanol–water partition coefficient (Wildman–Crippen LogP) is 4.72. The summed E-state index contributed by atoms with van der Waals surface area (Å²) >= 11 is 0. The number of aryl methyl sites for hydroxylation is 1. The number of hydrogen-bond donors (Lipinski definition) is 2. The molecule has 2 saturated heterocycles. The Morgan fingerprint density at radius 1 is 0.894 bits per heavy atom. The van der Waals surface area contributed by atoms with Gasteiger partial charge in [0.15, 0.2) is 11.5 Å². The maximum atomic E-state index is 15.2. The summed E-state index contributed by atoms with van der Waals surface area (Å²) in [5.74, 6) is -4.49. The van der Waals surface area contributed by atoms with E-state index < -0.39 is 46.8 Å². The zero-order chi connectivity index (χ0) is 33.2. The van der Waals surface area contributed by atoms with Crippen LogP contribution < -0.4 is 14.9 Å². The molecule has 2 N–H and O–H groups in total. The molecule has 6 atom stereocenters. The van der Waals surface area contributed by atoms with Crippen LogP contribution in [-0.4, -0.2) is 59.4 Å². The number of nitrogens with zero attached hydrogens (tertiary/aromatic N) is 2. The summed E-state index contributed by atoms with van der Waals surface area (Å²) in [5, 5.41) is 12.0. The van der Waals surface area contributed by atoms with E-state index in [4.69, 9.17) is 9.47 Å². The van der Waals surface area contributed by atoms with Crippen molar-refractivity contribution in [3.8, 4) is 17.2 Å². The van der Waals surface area contributed by atoms with Crippen molar-refractivity contribution in [3.05, 3.63) is 95.1 Å². The first-order valence-electron chi connectivity index (χ1n) is 15.9. The molecule has 10 heteroatoms. The molecule has 6 unspecified atom stereocenters. The molecule has 0 aromatic heterocycles. The molecule has 47 heavy (non-hydrogen) atoms. The molecule has 2 aliphatic carbocycles. The number of hydrogen-bond acceptors (Lipinski definition) is 8. The number of benzene rings is 3. The minimum atomic E-state index is -1.44. The van der Waals surface area contributed by atoms with Crippen LogP contribution in [0.5, 0.6) is 17.2 Å². The Morgan fingerprint density at radius 3 is 2.17 bits per heavy atom. The lowest BCUT2D eigenvalue weighted by Gasteiger charge is -2.50. The Kier molecular flexibility index (Phi) is 7.33. The van der Waals surface area contributed by atoms with Crippen LogP contribution in [0.25, 0.3) is 0 Å². The number of phenols is 1. The van der Waals surface area contributed by atoms with Crippen molar-refractivity contribution < 1.29 is 33.8 Å². The normalized spacial score (nSPS) is 28.1. The number of likely N-dealkylation sites (tertiary alicyclic amines) is 1. The first-order valence-corrected chi connectivity index (χ1v) is 15.9. The lowest BCUT2D eigenvalue weighted by atomic mass is 9.49. The van der Waals surface area contributed by atoms with Gasteiger partial charge >= 0.3 is 0 Å². The van der Waals surface area contributed by atoms with Gasteiger partial charge < -0.3 is 14.6 Å². The van der Waals surface area contributed by atoms with Gasteiger partial charge in [-0.05, 0) is 68.0 Å². The Morgan fingerprint density at radius 2 is 1.55 bits per heavy atom. The summed E-state index contributed by atoms with van der Waals surface area (Å²) in [6.45, 7) is 4.01. The second kappa shape index (κ2) is 11.3. The fourth-order valence-corrected chi connectivity index (χ4v) is 8.58. The number of amides is 4. The first kappa shape index (κ1) is 30.5. The van der Waals surface area contributed by atoms with Gasteiger partial charge in [-0.2, -0.15) is 5.01 Å². The van der Waals surface area contributed by atoms with Gasteiger partial charge in [0.1, 0.15) is 0 Å². The van der Waals surface area contributed by atoms with E-state index in [1.54, 1.807) is 19.1 Å². The number of carbonyl (C=O) groups is 4. The number of fused-ring (bicyclic) bond motifs is 4. The van der Waals surface area contributed by atoms with Crippen molar-refractivity contribution in [1.82, 2.24) is 9.91 Å². The van der Waals surface area contributed by atoms with E-state index in [1.807, 2.05) is 67.6 Å². The van der Waals surface area contributed by atoms with Crippen molar-refractivity contribution in [2.75, 3.05) is 26.2 Å². The number of nitrogens with one attached hydrogen (secondary N) is 1. The number of carbonyl (C=O) groups excluding carboxylic acids is 4. The fourth-order valence-electron chi connectivity index (χ4n) is 8.58. The Bertz CT molecular complexity index is 1800. The van der Waals surface area contributed by atoms with Crippen LogP contribution in [0.1, 0.15) is 42.4 Å². The van der Waals surface area contributed by atoms with E-state index in [0.717, 1.165) is 16.1 Å². The van der Waals surface area contributed by atoms with Crippen LogP contribution in [0, 0.1) is 30.6 Å². The van der Waals surface area contributed by atoms with Crippen molar-refractivity contribution in [2.45, 2.75) is 38.0 Å². The molecule has 4 aliphatic rings. The SMILES string of the molecule is CCN1C(=O)C2CC=C3C(CC4C(=O)N(Nc5ccc(C)cc5)C(=O)C4(c4ccccc4)C3c3cc(OC)c(O)c(OC)c3)C2C1=O. The van der Waals surface area contributed by atoms with Crippen molar-refractivity contribution >= 4 is 29.3 Å². The van der Waals surface area contributed by atoms with Crippen LogP contribution in [0.2, 0.25) is 0 Å². The summed E-state index contributed by atoms with van der Waals surface area (Å²) in [4.78, 5) is 58.5. The quantitative estimate of drug-likeness (QED) is 0.282. The average Bonchev–Trinajstić information content (AvgIpc) is 3.46. The van der Waals surface area contributed by atoms with Gasteiger partial charge in [-0.25, -0.2) is 0 Å². The van der Waals surface area contributed by atoms with Gasteiger partial charge in [0, 0.05) is 12.5 Å². The van der Waals surface area contributed by atoms with Crippen LogP contribution in [-0.2, 0) is 24.6 Å². The minimum absolute atomic E-state index is 0.145. The topological polar surface area (TPSA) is 125 Å². The molecule has 3 fully saturated rings. The molecule has 0 radical (unpaired) electrons. The minimum Gasteiger partial charge on any atom is -0.502 e. The maximum absolute atomic E-state index is 15.2. The lowest BCUT2D eigenvalue weighted by molar-refractivity contribution is -0.141. The molecule has 4 amide bonds. The van der Waals surface area contributed by atoms with Gasteiger partial charge in [0.25, 0.3) is 11.8 Å². The van der Waals surface area contributed by atoms with E-state index in [9.17, 15) is 19.5 Å². The number of imide groups is 2. The summed E-state index contributed by atoms with van der Waals surface area (Å²) in [6, 6.07) is 20.1. The molecule has 10 nitrogen and oxygen atoms in total. The van der Waals surface area contributed by atoms with E-state index in [-0.39, 0.29) is 42.0 Å². The predicted molar refractivity (Wildman–Crippen MR) is 172 cm³/mol. The second-order valence-corrected chi connectivity index (χ2v) is 12.8. The summed E-state index contributed by atoms with van der Waals surface area (Å²) < 4.78 is 11.1. The Hall–Kier alpha value is -5.12. The summed E-state index contributed by atoms with van der Waals surface area (Å²) in [6.07, 6.45) is 2.54. The van der Waals surface area contributed by atoms with Gasteiger partial charge in [0.2, 0.25) is 17.6 Å². The largest absolute Gasteiger partial charge is 0.502 e. The van der Waals surface area contributed by atoms with Gasteiger partial charge in [-0.15, -0.1) is 0 Å². The van der Waals surface area contributed by atoms with Crippen molar-refractivity contribution in [3.63, 3.8) is 0 Å². The Balaban J connectivity index is 1.49. The number of rotatable bonds is 7. The highest BCUT2D eigenvalue weighted by molar-refractivity contribution is 6.13. The average molecular weight is 636 g/mol. The third kappa shape index (κ3) is 4.30. The first-order chi connectivity index (χ1) is 22.7. The number of methoxy groups -OCH3 is 2. The lowest BCUT2D eigenvalue weighted by Crippen LogP contribution is -2.53. The molecule has 1 saturated carbocycles. The highest BCUT2D eigenvalue weighted by Crippen LogP contribution is 2.64. The molecule has 3 aromatic rings. The molecular formula is C37H37N3O7. The van der Waals surface area contributed by atoms with Crippen LogP contribution >= 0.6 is 0 Å². The fraction of sp³-hybridized carbons (Fsp3) is 0.351. The van der Waals surface area contributed by atoms with Crippen LogP contribution in [0.4, 0.5) is 5.69 Å². The molecule has 2 heterocycles. The van der Waals surface area contributed by atoms with Crippen LogP contribution in [0.15, 0.2) is 78.4 Å². The molecule has 0 spiro atoms. The van der Waals surface area contributed by atoms with Gasteiger partial charge in [-0.1, -0.05) is 59.7 Å². The van der Waals surface area contributed by atoms with E-state index in [2.05, 4.69) is 5.43 Å². The van der Waals surface area contributed by atoms with E-state index in [0.29, 0.717) is 23.2 Å². The number of hydrazine groups is 1. The van der Waals surface area contributed by atoms with Gasteiger partial charge in [-0.3, -0.25) is 29.5 Å². The smallest absolute Gasteiger partial charge is 0.260 e. The summed E-state index contributed by atoms with van der Waals surface area (Å²) in [7, 11) is 2.86. The maximum Gasteiger partial charge on any atom is 0.260 e. The molecule has 7 rings (SSSR count). The van der Waals surface area contributed by atoms with Crippen molar-refractivity contribution in [1.29, 1.82) is 0 Å². The highest BCUT2D eigenvalue weighted by atomic mass is 16.5. The monoisotopic (exact) mass is 635 g/mol. The second-order valence-electron chi connectivity index (χ2n) is 12.8. The number of anilines is 1. The summed E-state index contributed by atoms with van der Waals surface area (Å²) in [5.41, 5.74) is 5.33. The third-order valence-electron chi connectivity index (χ3n) is 10.6. The molecular weight excluding hydrogens is 598 g/mol. The van der Waals surface area contributed by atoms with E-state index >= 15 is 4.79 Å². The number of aromatic hydroxyl groups is 1. The number of ether oxygens (including phenoxy) is 2. The Labute approximate surface area is 272 Å². The number of phenolic OH excluding ortho intramolecular Hbond substituents is 1. The zero-order valence-corrected chi connectivity index (χ0v) is 26.7. The van der Waals surface area contributed by atoms with Gasteiger partial charge in [0.05, 0.1) is 43.1 Å². The molecule has 0 bridgehead atoms. The standard InChI is InChI=1S/C37H37N3O7/c1-5-39-33(42)25-16-15-24-26(30(25)35(39)44)19-27-34(43)40(38-23-13-11-20(2)12-14-23)36(45)37(27,22-9-7-6-8-10-22)31(24)21-17-28(46-3)32(41)29(18-21)47-4/h6-15,17-18,25-27,30-31,38,41H,5,16,19H2,1-4H3. The third-order valence-corrected chi connectivity index (χ3v) is 10.6. The molecule has 3 aromatic carbocycles. The molecule has 242 valence electrons. The zero-order valence-electron chi connectivity index (χ0n) is 26.7. The molecule has 2 aliphatic heterocycles. The number of allylic oxidation sites excluding steroid dienone is 2. The van der Waals surface area contributed by atoms with E-state index in [1.165, 1.54) is 19.1 Å². The van der Waals surface area contributed by atoms with Crippen molar-refractivity contribution in [2.24, 2.45) is 23.7 Å². The van der Waals surface area contributed by atoms with Crippen LogP contribution in [0.3, 0.4) is 0 Å². The highest BCUT2D eigenvalue weighted by Gasteiger charge is 2.70.